The van der Waals surface area contributed by atoms with Gasteiger partial charge in [0.05, 0.1) is 10.6 Å². The number of ether oxygens (including phenoxy) is 1. The number of carbonyl (C=O) groups is 1. The lowest BCUT2D eigenvalue weighted by atomic mass is 10.2. The van der Waals surface area contributed by atoms with Crippen LogP contribution >= 0.6 is 11.6 Å². The zero-order chi connectivity index (χ0) is 13.8. The van der Waals surface area contributed by atoms with Crippen molar-refractivity contribution in [1.29, 1.82) is 0 Å². The summed E-state index contributed by atoms with van der Waals surface area (Å²) in [6, 6.07) is 4.63. The van der Waals surface area contributed by atoms with Gasteiger partial charge in [0.25, 0.3) is 0 Å². The van der Waals surface area contributed by atoms with Gasteiger partial charge in [-0.25, -0.2) is 14.5 Å². The average Bonchev–Trinajstić information content (AvgIpc) is 2.83. The van der Waals surface area contributed by atoms with Crippen LogP contribution in [0.4, 0.5) is 5.69 Å². The number of halogens is 1. The van der Waals surface area contributed by atoms with E-state index in [9.17, 15) is 4.79 Å². The van der Waals surface area contributed by atoms with E-state index in [-0.39, 0.29) is 17.2 Å². The molecule has 0 spiro atoms. The number of benzene rings is 1. The van der Waals surface area contributed by atoms with Gasteiger partial charge in [-0.1, -0.05) is 11.6 Å². The lowest BCUT2D eigenvalue weighted by Gasteiger charge is -2.07. The van der Waals surface area contributed by atoms with E-state index in [1.165, 1.54) is 18.5 Å². The predicted molar refractivity (Wildman–Crippen MR) is 70.7 cm³/mol. The van der Waals surface area contributed by atoms with E-state index in [0.29, 0.717) is 18.1 Å². The first kappa shape index (κ1) is 13.4. The molecule has 6 nitrogen and oxygen atoms in total. The molecule has 1 heterocycles. The van der Waals surface area contributed by atoms with Gasteiger partial charge in [-0.2, -0.15) is 5.10 Å². The smallest absolute Gasteiger partial charge is 0.340 e. The number of hydrogen-bond donors (Lipinski definition) is 1. The first-order valence-corrected chi connectivity index (χ1v) is 6.08. The Morgan fingerprint density at radius 3 is 3.00 bits per heavy atom. The van der Waals surface area contributed by atoms with E-state index in [2.05, 4.69) is 10.1 Å². The molecule has 0 amide bonds. The molecular formula is C12H13ClN4O2. The highest BCUT2D eigenvalue weighted by molar-refractivity contribution is 6.33. The van der Waals surface area contributed by atoms with Crippen molar-refractivity contribution in [3.63, 3.8) is 0 Å². The van der Waals surface area contributed by atoms with Gasteiger partial charge in [0, 0.05) is 12.2 Å². The quantitative estimate of drug-likeness (QED) is 0.683. The number of nitrogen functional groups attached to an aromatic ring is 1. The second-order valence-corrected chi connectivity index (χ2v) is 4.21. The summed E-state index contributed by atoms with van der Waals surface area (Å²) >= 11 is 5.93. The summed E-state index contributed by atoms with van der Waals surface area (Å²) in [6.07, 6.45) is 1.42. The van der Waals surface area contributed by atoms with Crippen molar-refractivity contribution in [2.24, 2.45) is 0 Å². The van der Waals surface area contributed by atoms with Crippen LogP contribution in [0.3, 0.4) is 0 Å². The largest absolute Gasteiger partial charge is 0.454 e. The molecule has 2 rings (SSSR count). The molecule has 0 fully saturated rings. The minimum absolute atomic E-state index is 0.0490. The second kappa shape index (κ2) is 5.71. The SMILES string of the molecule is CCn1ncnc1COC(=O)c1ccc(N)cc1Cl. The normalized spacial score (nSPS) is 10.4. The molecule has 0 saturated carbocycles. The predicted octanol–water partition coefficient (Wildman–Crippen LogP) is 1.89. The van der Waals surface area contributed by atoms with Crippen molar-refractivity contribution in [3.05, 3.63) is 40.9 Å². The fraction of sp³-hybridized carbons (Fsp3) is 0.250. The number of carbonyl (C=O) groups excluding carboxylic acids is 1. The third-order valence-corrected chi connectivity index (χ3v) is 2.85. The lowest BCUT2D eigenvalue weighted by molar-refractivity contribution is 0.0457. The van der Waals surface area contributed by atoms with Crippen LogP contribution in [-0.2, 0) is 17.9 Å². The van der Waals surface area contributed by atoms with Gasteiger partial charge in [-0.15, -0.1) is 0 Å². The number of aryl methyl sites for hydroxylation is 1. The number of aromatic nitrogens is 3. The van der Waals surface area contributed by atoms with Crippen LogP contribution in [0, 0.1) is 0 Å². The Kier molecular flexibility index (Phi) is 4.01. The Bertz CT molecular complexity index is 597. The summed E-state index contributed by atoms with van der Waals surface area (Å²) in [5, 5.41) is 4.25. The Balaban J connectivity index is 2.05. The van der Waals surface area contributed by atoms with Crippen LogP contribution in [0.15, 0.2) is 24.5 Å². The minimum Gasteiger partial charge on any atom is -0.454 e. The van der Waals surface area contributed by atoms with Crippen molar-refractivity contribution in [2.75, 3.05) is 5.73 Å². The van der Waals surface area contributed by atoms with Gasteiger partial charge >= 0.3 is 5.97 Å². The average molecular weight is 281 g/mol. The Labute approximate surface area is 115 Å². The Hall–Kier alpha value is -2.08. The van der Waals surface area contributed by atoms with E-state index in [1.807, 2.05) is 6.92 Å². The number of hydrogen-bond acceptors (Lipinski definition) is 5. The molecule has 0 unspecified atom stereocenters. The van der Waals surface area contributed by atoms with Crippen LogP contribution in [0.1, 0.15) is 23.1 Å². The summed E-state index contributed by atoms with van der Waals surface area (Å²) in [5.41, 5.74) is 6.33. The fourth-order valence-corrected chi connectivity index (χ4v) is 1.83. The van der Waals surface area contributed by atoms with Gasteiger partial charge in [0.1, 0.15) is 6.33 Å². The number of nitrogens with zero attached hydrogens (tertiary/aromatic N) is 3. The van der Waals surface area contributed by atoms with Gasteiger partial charge in [0.2, 0.25) is 0 Å². The highest BCUT2D eigenvalue weighted by Crippen LogP contribution is 2.20. The summed E-state index contributed by atoms with van der Waals surface area (Å²) in [7, 11) is 0. The van der Waals surface area contributed by atoms with Crippen LogP contribution < -0.4 is 5.73 Å². The lowest BCUT2D eigenvalue weighted by Crippen LogP contribution is -2.10. The highest BCUT2D eigenvalue weighted by atomic mass is 35.5. The number of esters is 1. The molecular weight excluding hydrogens is 268 g/mol. The molecule has 0 saturated heterocycles. The van der Waals surface area contributed by atoms with Crippen molar-refractivity contribution < 1.29 is 9.53 Å². The zero-order valence-electron chi connectivity index (χ0n) is 10.3. The number of nitrogens with two attached hydrogens (primary N) is 1. The van der Waals surface area contributed by atoms with Crippen molar-refractivity contribution in [3.8, 4) is 0 Å². The molecule has 0 aliphatic heterocycles. The zero-order valence-corrected chi connectivity index (χ0v) is 11.1. The van der Waals surface area contributed by atoms with E-state index in [0.717, 1.165) is 0 Å². The molecule has 0 radical (unpaired) electrons. The molecule has 2 N–H and O–H groups in total. The van der Waals surface area contributed by atoms with Crippen LogP contribution in [-0.4, -0.2) is 20.7 Å². The van der Waals surface area contributed by atoms with E-state index >= 15 is 0 Å². The first-order chi connectivity index (χ1) is 9.11. The molecule has 100 valence electrons. The van der Waals surface area contributed by atoms with Crippen LogP contribution in [0.5, 0.6) is 0 Å². The van der Waals surface area contributed by atoms with Crippen molar-refractivity contribution in [1.82, 2.24) is 14.8 Å². The van der Waals surface area contributed by atoms with E-state index in [1.54, 1.807) is 10.7 Å². The maximum atomic E-state index is 11.9. The third kappa shape index (κ3) is 3.03. The minimum atomic E-state index is -0.518. The van der Waals surface area contributed by atoms with Crippen LogP contribution in [0.2, 0.25) is 5.02 Å². The molecule has 7 heteroatoms. The molecule has 0 bridgehead atoms. The van der Waals surface area contributed by atoms with Gasteiger partial charge in [-0.3, -0.25) is 0 Å². The molecule has 2 aromatic rings. The molecule has 0 aliphatic rings. The third-order valence-electron chi connectivity index (χ3n) is 2.54. The van der Waals surface area contributed by atoms with E-state index < -0.39 is 5.97 Å². The van der Waals surface area contributed by atoms with Crippen molar-refractivity contribution in [2.45, 2.75) is 20.1 Å². The molecule has 1 aromatic carbocycles. The number of anilines is 1. The summed E-state index contributed by atoms with van der Waals surface area (Å²) in [6.45, 7) is 2.64. The van der Waals surface area contributed by atoms with Gasteiger partial charge in [-0.05, 0) is 25.1 Å². The summed E-state index contributed by atoms with van der Waals surface area (Å²) < 4.78 is 6.80. The topological polar surface area (TPSA) is 83.0 Å². The fourth-order valence-electron chi connectivity index (χ4n) is 1.57. The molecule has 0 atom stereocenters. The standard InChI is InChI=1S/C12H13ClN4O2/c1-2-17-11(15-7-16-17)6-19-12(18)9-4-3-8(14)5-10(9)13/h3-5,7H,2,6,14H2,1H3. The molecule has 1 aromatic heterocycles. The van der Waals surface area contributed by atoms with Crippen molar-refractivity contribution >= 4 is 23.3 Å². The van der Waals surface area contributed by atoms with Crippen LogP contribution in [0.25, 0.3) is 0 Å². The first-order valence-electron chi connectivity index (χ1n) is 5.70. The van der Waals surface area contributed by atoms with E-state index in [4.69, 9.17) is 22.1 Å². The highest BCUT2D eigenvalue weighted by Gasteiger charge is 2.13. The monoisotopic (exact) mass is 280 g/mol. The number of rotatable bonds is 4. The van der Waals surface area contributed by atoms with Gasteiger partial charge < -0.3 is 10.5 Å². The second-order valence-electron chi connectivity index (χ2n) is 3.81. The summed E-state index contributed by atoms with van der Waals surface area (Å²) in [4.78, 5) is 15.9. The summed E-state index contributed by atoms with van der Waals surface area (Å²) in [5.74, 6) is 0.0677. The maximum absolute atomic E-state index is 11.9. The Morgan fingerprint density at radius 2 is 2.32 bits per heavy atom. The molecule has 19 heavy (non-hydrogen) atoms. The molecule has 0 aliphatic carbocycles. The maximum Gasteiger partial charge on any atom is 0.340 e. The van der Waals surface area contributed by atoms with Gasteiger partial charge in [0.15, 0.2) is 12.4 Å². The Morgan fingerprint density at radius 1 is 1.53 bits per heavy atom.